The number of nitrogens with two attached hydrogens (primary N) is 1. The third kappa shape index (κ3) is 2.39. The fourth-order valence-corrected chi connectivity index (χ4v) is 3.25. The van der Waals surface area contributed by atoms with E-state index in [0.717, 1.165) is 18.7 Å². The highest BCUT2D eigenvalue weighted by Crippen LogP contribution is 2.39. The first-order valence-corrected chi connectivity index (χ1v) is 7.08. The molecule has 1 atom stereocenters. The molecule has 0 bridgehead atoms. The van der Waals surface area contributed by atoms with Gasteiger partial charge < -0.3 is 10.5 Å². The second-order valence-corrected chi connectivity index (χ2v) is 5.45. The first-order chi connectivity index (χ1) is 8.69. The molecule has 18 heavy (non-hydrogen) atoms. The van der Waals surface area contributed by atoms with E-state index in [0.29, 0.717) is 5.92 Å². The number of benzene rings is 1. The first-order valence-electron chi connectivity index (χ1n) is 7.08. The lowest BCUT2D eigenvalue weighted by Gasteiger charge is -2.27. The van der Waals surface area contributed by atoms with Crippen LogP contribution in [0.4, 0.5) is 0 Å². The average Bonchev–Trinajstić information content (AvgIpc) is 2.38. The van der Waals surface area contributed by atoms with Gasteiger partial charge in [-0.25, -0.2) is 0 Å². The van der Waals surface area contributed by atoms with E-state index >= 15 is 0 Å². The number of fused-ring (bicyclic) bond motifs is 1. The lowest BCUT2D eigenvalue weighted by molar-refractivity contribution is 0.403. The fourth-order valence-electron chi connectivity index (χ4n) is 3.25. The van der Waals surface area contributed by atoms with Crippen molar-refractivity contribution in [2.75, 3.05) is 13.7 Å². The molecule has 0 radical (unpaired) electrons. The van der Waals surface area contributed by atoms with Crippen molar-refractivity contribution in [2.24, 2.45) is 5.73 Å². The molecule has 100 valence electrons. The summed E-state index contributed by atoms with van der Waals surface area (Å²) in [6.45, 7) is 5.23. The van der Waals surface area contributed by atoms with Crippen molar-refractivity contribution >= 4 is 0 Å². The maximum absolute atomic E-state index is 5.72. The fraction of sp³-hybridized carbons (Fsp3) is 0.625. The van der Waals surface area contributed by atoms with Crippen molar-refractivity contribution in [3.05, 3.63) is 28.3 Å². The normalized spacial score (nSPS) is 16.2. The summed E-state index contributed by atoms with van der Waals surface area (Å²) in [5.41, 5.74) is 11.7. The maximum Gasteiger partial charge on any atom is 0.122 e. The molecule has 2 rings (SSSR count). The van der Waals surface area contributed by atoms with Gasteiger partial charge in [0.05, 0.1) is 7.11 Å². The molecule has 2 N–H and O–H groups in total. The second-order valence-electron chi connectivity index (χ2n) is 5.45. The standard InChI is InChI=1S/C16H25NO/c1-11(8-9-17)16-14-7-5-4-6-13(14)12(2)10-15(16)18-3/h10-11H,4-9,17H2,1-3H3. The summed E-state index contributed by atoms with van der Waals surface area (Å²) in [6.07, 6.45) is 6.10. The van der Waals surface area contributed by atoms with Crippen LogP contribution >= 0.6 is 0 Å². The quantitative estimate of drug-likeness (QED) is 0.885. The Bertz CT molecular complexity index is 426. The van der Waals surface area contributed by atoms with Gasteiger partial charge in [0, 0.05) is 5.56 Å². The summed E-state index contributed by atoms with van der Waals surface area (Å²) in [6, 6.07) is 2.21. The Morgan fingerprint density at radius 2 is 1.94 bits per heavy atom. The zero-order valence-electron chi connectivity index (χ0n) is 11.9. The van der Waals surface area contributed by atoms with Crippen LogP contribution in [-0.2, 0) is 12.8 Å². The Morgan fingerprint density at radius 1 is 1.28 bits per heavy atom. The highest BCUT2D eigenvalue weighted by Gasteiger charge is 2.22. The Morgan fingerprint density at radius 3 is 2.56 bits per heavy atom. The Hall–Kier alpha value is -1.02. The van der Waals surface area contributed by atoms with Gasteiger partial charge in [0.2, 0.25) is 0 Å². The maximum atomic E-state index is 5.72. The molecule has 2 heteroatoms. The molecule has 2 nitrogen and oxygen atoms in total. The third-order valence-electron chi connectivity index (χ3n) is 4.19. The van der Waals surface area contributed by atoms with E-state index < -0.39 is 0 Å². The van der Waals surface area contributed by atoms with Crippen LogP contribution in [0.2, 0.25) is 0 Å². The van der Waals surface area contributed by atoms with Gasteiger partial charge in [-0.2, -0.15) is 0 Å². The van der Waals surface area contributed by atoms with Crippen molar-refractivity contribution < 1.29 is 4.74 Å². The molecule has 1 unspecified atom stereocenters. The van der Waals surface area contributed by atoms with Gasteiger partial charge in [-0.15, -0.1) is 0 Å². The molecule has 0 saturated carbocycles. The summed E-state index contributed by atoms with van der Waals surface area (Å²) in [7, 11) is 1.78. The van der Waals surface area contributed by atoms with Crippen molar-refractivity contribution in [3.8, 4) is 5.75 Å². The number of rotatable bonds is 4. The minimum Gasteiger partial charge on any atom is -0.496 e. The Kier molecular flexibility index (Phi) is 4.28. The van der Waals surface area contributed by atoms with Crippen LogP contribution in [0.5, 0.6) is 5.75 Å². The topological polar surface area (TPSA) is 35.2 Å². The third-order valence-corrected chi connectivity index (χ3v) is 4.19. The van der Waals surface area contributed by atoms with Crippen molar-refractivity contribution in [1.29, 1.82) is 0 Å². The molecule has 1 aromatic rings. The Balaban J connectivity index is 2.53. The van der Waals surface area contributed by atoms with Crippen LogP contribution in [0, 0.1) is 6.92 Å². The molecule has 1 aromatic carbocycles. The molecule has 0 fully saturated rings. The van der Waals surface area contributed by atoms with Crippen LogP contribution in [0.25, 0.3) is 0 Å². The van der Waals surface area contributed by atoms with E-state index in [1.54, 1.807) is 18.2 Å². The molecular weight excluding hydrogens is 222 g/mol. The summed E-state index contributed by atoms with van der Waals surface area (Å²) < 4.78 is 5.62. The predicted octanol–water partition coefficient (Wildman–Crippen LogP) is 3.33. The Labute approximate surface area is 111 Å². The van der Waals surface area contributed by atoms with E-state index in [9.17, 15) is 0 Å². The van der Waals surface area contributed by atoms with Gasteiger partial charge in [-0.05, 0) is 74.2 Å². The molecule has 1 aliphatic carbocycles. The molecule has 1 aliphatic rings. The zero-order chi connectivity index (χ0) is 13.1. The zero-order valence-corrected chi connectivity index (χ0v) is 11.9. The van der Waals surface area contributed by atoms with Gasteiger partial charge in [-0.3, -0.25) is 0 Å². The number of aryl methyl sites for hydroxylation is 1. The highest BCUT2D eigenvalue weighted by atomic mass is 16.5. The predicted molar refractivity (Wildman–Crippen MR) is 76.5 cm³/mol. The van der Waals surface area contributed by atoms with Crippen LogP contribution in [-0.4, -0.2) is 13.7 Å². The molecular formula is C16H25NO. The van der Waals surface area contributed by atoms with E-state index in [1.807, 2.05) is 0 Å². The van der Waals surface area contributed by atoms with Gasteiger partial charge in [0.25, 0.3) is 0 Å². The minimum absolute atomic E-state index is 0.498. The smallest absolute Gasteiger partial charge is 0.122 e. The lowest BCUT2D eigenvalue weighted by Crippen LogP contribution is -2.14. The van der Waals surface area contributed by atoms with Gasteiger partial charge in [-0.1, -0.05) is 6.92 Å². The van der Waals surface area contributed by atoms with Gasteiger partial charge >= 0.3 is 0 Å². The minimum atomic E-state index is 0.498. The molecule has 0 aromatic heterocycles. The summed E-state index contributed by atoms with van der Waals surface area (Å²) in [4.78, 5) is 0. The van der Waals surface area contributed by atoms with E-state index in [1.165, 1.54) is 36.8 Å². The average molecular weight is 247 g/mol. The highest BCUT2D eigenvalue weighted by molar-refractivity contribution is 5.52. The van der Waals surface area contributed by atoms with E-state index in [4.69, 9.17) is 10.5 Å². The number of hydrogen-bond acceptors (Lipinski definition) is 2. The lowest BCUT2D eigenvalue weighted by atomic mass is 9.80. The number of ether oxygens (including phenoxy) is 1. The van der Waals surface area contributed by atoms with Crippen LogP contribution in [0.3, 0.4) is 0 Å². The van der Waals surface area contributed by atoms with Crippen LogP contribution in [0.15, 0.2) is 6.07 Å². The number of hydrogen-bond donors (Lipinski definition) is 1. The summed E-state index contributed by atoms with van der Waals surface area (Å²) >= 11 is 0. The molecule has 0 aliphatic heterocycles. The van der Waals surface area contributed by atoms with Crippen molar-refractivity contribution in [2.45, 2.75) is 51.9 Å². The SMILES string of the molecule is COc1cc(C)c2c(c1C(C)CCN)CCCC2. The summed E-state index contributed by atoms with van der Waals surface area (Å²) in [5.74, 6) is 1.56. The summed E-state index contributed by atoms with van der Waals surface area (Å²) in [5, 5.41) is 0. The molecule has 0 heterocycles. The first kappa shape index (κ1) is 13.4. The van der Waals surface area contributed by atoms with Crippen molar-refractivity contribution in [1.82, 2.24) is 0 Å². The molecule has 0 spiro atoms. The van der Waals surface area contributed by atoms with E-state index in [-0.39, 0.29) is 0 Å². The van der Waals surface area contributed by atoms with Gasteiger partial charge in [0.15, 0.2) is 0 Å². The van der Waals surface area contributed by atoms with Gasteiger partial charge in [0.1, 0.15) is 5.75 Å². The van der Waals surface area contributed by atoms with Crippen molar-refractivity contribution in [3.63, 3.8) is 0 Å². The van der Waals surface area contributed by atoms with Crippen LogP contribution in [0.1, 0.15) is 54.4 Å². The molecule has 0 saturated heterocycles. The second kappa shape index (κ2) is 5.75. The largest absolute Gasteiger partial charge is 0.496 e. The van der Waals surface area contributed by atoms with Crippen LogP contribution < -0.4 is 10.5 Å². The van der Waals surface area contributed by atoms with E-state index in [2.05, 4.69) is 19.9 Å². The number of methoxy groups -OCH3 is 1. The molecule has 0 amide bonds. The monoisotopic (exact) mass is 247 g/mol.